The first kappa shape index (κ1) is 9.01. The van der Waals surface area contributed by atoms with Crippen LogP contribution in [0, 0.1) is 5.92 Å². The molecule has 0 aromatic rings. The van der Waals surface area contributed by atoms with Gasteiger partial charge in [0.2, 0.25) is 0 Å². The Kier molecular flexibility index (Phi) is 2.29. The summed E-state index contributed by atoms with van der Waals surface area (Å²) in [5, 5.41) is 0. The van der Waals surface area contributed by atoms with E-state index in [0.29, 0.717) is 0 Å². The largest absolute Gasteiger partial charge is 0.306 e. The quantitative estimate of drug-likeness (QED) is 0.595. The van der Waals surface area contributed by atoms with Gasteiger partial charge in [-0.05, 0) is 46.2 Å². The molecule has 2 rings (SSSR count). The standard InChI is InChI=1S/C12H19N/c1-9-4-5-10-7-12(13(2)3)8-11(10)6-9/h4,6,10,12H,5,7-8H2,1-3H3. The molecule has 1 saturated carbocycles. The van der Waals surface area contributed by atoms with Crippen molar-refractivity contribution in [3.8, 4) is 0 Å². The van der Waals surface area contributed by atoms with E-state index in [2.05, 4.69) is 38.1 Å². The highest BCUT2D eigenvalue weighted by atomic mass is 15.1. The lowest BCUT2D eigenvalue weighted by atomic mass is 9.92. The van der Waals surface area contributed by atoms with Gasteiger partial charge in [0.05, 0.1) is 0 Å². The Morgan fingerprint density at radius 1 is 1.38 bits per heavy atom. The lowest BCUT2D eigenvalue weighted by molar-refractivity contribution is 0.292. The first-order chi connectivity index (χ1) is 6.16. The van der Waals surface area contributed by atoms with Gasteiger partial charge < -0.3 is 4.90 Å². The third-order valence-corrected chi connectivity index (χ3v) is 3.42. The minimum atomic E-state index is 0.788. The average Bonchev–Trinajstić information content (AvgIpc) is 2.46. The predicted molar refractivity (Wildman–Crippen MR) is 56.7 cm³/mol. The predicted octanol–water partition coefficient (Wildman–Crippen LogP) is 2.60. The maximum atomic E-state index is 2.40. The highest BCUT2D eigenvalue weighted by Gasteiger charge is 2.30. The normalized spacial score (nSPS) is 32.9. The molecule has 13 heavy (non-hydrogen) atoms. The molecule has 2 aliphatic rings. The van der Waals surface area contributed by atoms with Gasteiger partial charge in [-0.2, -0.15) is 0 Å². The zero-order valence-electron chi connectivity index (χ0n) is 8.88. The summed E-state index contributed by atoms with van der Waals surface area (Å²) >= 11 is 0. The zero-order chi connectivity index (χ0) is 9.42. The fourth-order valence-corrected chi connectivity index (χ4v) is 2.50. The van der Waals surface area contributed by atoms with Crippen molar-refractivity contribution in [2.45, 2.75) is 32.2 Å². The van der Waals surface area contributed by atoms with Crippen LogP contribution in [-0.4, -0.2) is 25.0 Å². The molecule has 0 N–H and O–H groups in total. The third-order valence-electron chi connectivity index (χ3n) is 3.42. The van der Waals surface area contributed by atoms with Gasteiger partial charge in [-0.15, -0.1) is 0 Å². The second-order valence-corrected chi connectivity index (χ2v) is 4.66. The van der Waals surface area contributed by atoms with Gasteiger partial charge in [-0.25, -0.2) is 0 Å². The van der Waals surface area contributed by atoms with E-state index in [-0.39, 0.29) is 0 Å². The molecule has 2 aliphatic carbocycles. The molecule has 1 nitrogen and oxygen atoms in total. The van der Waals surface area contributed by atoms with E-state index < -0.39 is 0 Å². The van der Waals surface area contributed by atoms with Crippen LogP contribution in [0.2, 0.25) is 0 Å². The summed E-state index contributed by atoms with van der Waals surface area (Å²) in [6.45, 7) is 2.21. The molecular formula is C12H19N. The van der Waals surface area contributed by atoms with Crippen LogP contribution >= 0.6 is 0 Å². The fourth-order valence-electron chi connectivity index (χ4n) is 2.50. The van der Waals surface area contributed by atoms with Crippen LogP contribution in [0.1, 0.15) is 26.2 Å². The number of allylic oxidation sites excluding steroid dienone is 3. The van der Waals surface area contributed by atoms with Crippen molar-refractivity contribution in [1.82, 2.24) is 4.90 Å². The van der Waals surface area contributed by atoms with Crippen molar-refractivity contribution in [2.75, 3.05) is 14.1 Å². The van der Waals surface area contributed by atoms with E-state index in [0.717, 1.165) is 12.0 Å². The Bertz CT molecular complexity index is 260. The van der Waals surface area contributed by atoms with Crippen molar-refractivity contribution in [3.05, 3.63) is 23.3 Å². The van der Waals surface area contributed by atoms with Crippen molar-refractivity contribution < 1.29 is 0 Å². The van der Waals surface area contributed by atoms with E-state index in [1.165, 1.54) is 24.8 Å². The van der Waals surface area contributed by atoms with Gasteiger partial charge in [0.15, 0.2) is 0 Å². The van der Waals surface area contributed by atoms with Gasteiger partial charge >= 0.3 is 0 Å². The molecule has 0 saturated heterocycles. The third kappa shape index (κ3) is 1.71. The van der Waals surface area contributed by atoms with E-state index in [1.54, 1.807) is 5.57 Å². The first-order valence-electron chi connectivity index (χ1n) is 5.20. The fraction of sp³-hybridized carbons (Fsp3) is 0.667. The first-order valence-corrected chi connectivity index (χ1v) is 5.20. The summed E-state index contributed by atoms with van der Waals surface area (Å²) in [6, 6.07) is 0.788. The van der Waals surface area contributed by atoms with Crippen LogP contribution in [-0.2, 0) is 0 Å². The minimum absolute atomic E-state index is 0.788. The Morgan fingerprint density at radius 2 is 2.15 bits per heavy atom. The summed E-state index contributed by atoms with van der Waals surface area (Å²) in [7, 11) is 4.39. The van der Waals surface area contributed by atoms with Gasteiger partial charge in [0.25, 0.3) is 0 Å². The van der Waals surface area contributed by atoms with Crippen molar-refractivity contribution >= 4 is 0 Å². The van der Waals surface area contributed by atoms with Crippen molar-refractivity contribution in [3.63, 3.8) is 0 Å². The summed E-state index contributed by atoms with van der Waals surface area (Å²) in [5.74, 6) is 0.857. The van der Waals surface area contributed by atoms with E-state index in [9.17, 15) is 0 Å². The average molecular weight is 177 g/mol. The van der Waals surface area contributed by atoms with Crippen LogP contribution in [0.4, 0.5) is 0 Å². The molecule has 0 spiro atoms. The lowest BCUT2D eigenvalue weighted by Gasteiger charge is -2.18. The molecule has 2 atom stereocenters. The second-order valence-electron chi connectivity index (χ2n) is 4.66. The van der Waals surface area contributed by atoms with E-state index in [4.69, 9.17) is 0 Å². The smallest absolute Gasteiger partial charge is 0.0132 e. The maximum absolute atomic E-state index is 2.40. The van der Waals surface area contributed by atoms with Crippen molar-refractivity contribution in [2.24, 2.45) is 5.92 Å². The molecule has 0 aromatic carbocycles. The molecule has 0 radical (unpaired) electrons. The number of nitrogens with zero attached hydrogens (tertiary/aromatic N) is 1. The molecule has 0 aliphatic heterocycles. The zero-order valence-corrected chi connectivity index (χ0v) is 8.88. The van der Waals surface area contributed by atoms with Crippen molar-refractivity contribution in [1.29, 1.82) is 0 Å². The highest BCUT2D eigenvalue weighted by molar-refractivity contribution is 5.31. The number of hydrogen-bond acceptors (Lipinski definition) is 1. The summed E-state index contributed by atoms with van der Waals surface area (Å²) < 4.78 is 0. The van der Waals surface area contributed by atoms with Crippen LogP contribution in [0.25, 0.3) is 0 Å². The SMILES string of the molecule is CC1=CCC2CC(N(C)C)CC2=C1. The van der Waals surface area contributed by atoms with E-state index >= 15 is 0 Å². The molecule has 0 bridgehead atoms. The van der Waals surface area contributed by atoms with E-state index in [1.807, 2.05) is 0 Å². The summed E-state index contributed by atoms with van der Waals surface area (Å²) in [4.78, 5) is 2.37. The number of fused-ring (bicyclic) bond motifs is 1. The number of hydrogen-bond donors (Lipinski definition) is 0. The van der Waals surface area contributed by atoms with Crippen LogP contribution in [0.15, 0.2) is 23.3 Å². The molecule has 0 amide bonds. The summed E-state index contributed by atoms with van der Waals surface area (Å²) in [5.41, 5.74) is 3.16. The Balaban J connectivity index is 2.10. The van der Waals surface area contributed by atoms with Gasteiger partial charge in [-0.3, -0.25) is 0 Å². The molecule has 1 heteroatoms. The van der Waals surface area contributed by atoms with Gasteiger partial charge in [0, 0.05) is 6.04 Å². The molecule has 0 aromatic heterocycles. The molecule has 1 fully saturated rings. The monoisotopic (exact) mass is 177 g/mol. The topological polar surface area (TPSA) is 3.24 Å². The lowest BCUT2D eigenvalue weighted by Crippen LogP contribution is -2.24. The van der Waals surface area contributed by atoms with Gasteiger partial charge in [0.1, 0.15) is 0 Å². The van der Waals surface area contributed by atoms with Gasteiger partial charge in [-0.1, -0.05) is 23.3 Å². The van der Waals surface area contributed by atoms with Crippen LogP contribution in [0.3, 0.4) is 0 Å². The Morgan fingerprint density at radius 3 is 2.85 bits per heavy atom. The molecule has 72 valence electrons. The summed E-state index contributed by atoms with van der Waals surface area (Å²) in [6.07, 6.45) is 8.72. The molecule has 2 unspecified atom stereocenters. The molecule has 0 heterocycles. The maximum Gasteiger partial charge on any atom is 0.0132 e. The molecular weight excluding hydrogens is 158 g/mol. The van der Waals surface area contributed by atoms with Crippen LogP contribution in [0.5, 0.6) is 0 Å². The second kappa shape index (κ2) is 3.30. The Labute approximate surface area is 81.1 Å². The number of rotatable bonds is 1. The minimum Gasteiger partial charge on any atom is -0.306 e. The highest BCUT2D eigenvalue weighted by Crippen LogP contribution is 2.39. The van der Waals surface area contributed by atoms with Crippen LogP contribution < -0.4 is 0 Å². The Hall–Kier alpha value is -0.560.